The quantitative estimate of drug-likeness (QED) is 0.875. The van der Waals surface area contributed by atoms with Crippen LogP contribution in [0.2, 0.25) is 0 Å². The summed E-state index contributed by atoms with van der Waals surface area (Å²) in [4.78, 5) is 16.4. The maximum absolute atomic E-state index is 11.5. The number of carbonyl (C=O) groups is 1. The smallest absolute Gasteiger partial charge is 0.250 e. The summed E-state index contributed by atoms with van der Waals surface area (Å²) in [5.41, 5.74) is 7.12. The largest absolute Gasteiger partial charge is 0.368 e. The maximum atomic E-state index is 11.5. The Morgan fingerprint density at radius 3 is 2.84 bits per heavy atom. The third kappa shape index (κ3) is 2.45. The standard InChI is InChI=1S/C15H21N3O/c16-15(19)13-6-1-2-7-14(13)18-10-9-17-8-4-3-5-12(17)11-18/h1-2,6-7,12H,3-5,8-11H2,(H2,16,19). The Bertz CT molecular complexity index is 474. The molecule has 0 bridgehead atoms. The van der Waals surface area contributed by atoms with Gasteiger partial charge < -0.3 is 10.6 Å². The average molecular weight is 259 g/mol. The zero-order chi connectivity index (χ0) is 13.2. The molecule has 0 aromatic heterocycles. The number of anilines is 1. The van der Waals surface area contributed by atoms with E-state index >= 15 is 0 Å². The Labute approximate surface area is 114 Å². The summed E-state index contributed by atoms with van der Waals surface area (Å²) in [6.07, 6.45) is 3.93. The van der Waals surface area contributed by atoms with Gasteiger partial charge in [0.25, 0.3) is 5.91 Å². The van der Waals surface area contributed by atoms with Gasteiger partial charge in [0.05, 0.1) is 5.56 Å². The zero-order valence-corrected chi connectivity index (χ0v) is 11.2. The van der Waals surface area contributed by atoms with E-state index in [1.165, 1.54) is 25.8 Å². The van der Waals surface area contributed by atoms with Crippen LogP contribution in [-0.4, -0.2) is 43.0 Å². The lowest BCUT2D eigenvalue weighted by atomic mass is 9.98. The van der Waals surface area contributed by atoms with Gasteiger partial charge >= 0.3 is 0 Å². The molecular weight excluding hydrogens is 238 g/mol. The van der Waals surface area contributed by atoms with Gasteiger partial charge in [-0.15, -0.1) is 0 Å². The Balaban J connectivity index is 1.81. The first-order valence-corrected chi connectivity index (χ1v) is 7.13. The molecule has 0 spiro atoms. The highest BCUT2D eigenvalue weighted by atomic mass is 16.1. The molecule has 0 saturated carbocycles. The molecule has 0 radical (unpaired) electrons. The van der Waals surface area contributed by atoms with Crippen molar-refractivity contribution in [2.24, 2.45) is 5.73 Å². The predicted molar refractivity (Wildman–Crippen MR) is 76.4 cm³/mol. The number of rotatable bonds is 2. The van der Waals surface area contributed by atoms with Gasteiger partial charge in [0, 0.05) is 31.4 Å². The summed E-state index contributed by atoms with van der Waals surface area (Å²) >= 11 is 0. The molecule has 2 heterocycles. The molecule has 4 heteroatoms. The van der Waals surface area contributed by atoms with Crippen LogP contribution in [-0.2, 0) is 0 Å². The highest BCUT2D eigenvalue weighted by Gasteiger charge is 2.29. The van der Waals surface area contributed by atoms with Crippen molar-refractivity contribution < 1.29 is 4.79 Å². The molecule has 3 rings (SSSR count). The van der Waals surface area contributed by atoms with E-state index in [1.807, 2.05) is 24.3 Å². The number of para-hydroxylation sites is 1. The van der Waals surface area contributed by atoms with Crippen molar-refractivity contribution in [2.75, 3.05) is 31.1 Å². The van der Waals surface area contributed by atoms with Crippen molar-refractivity contribution in [1.29, 1.82) is 0 Å². The van der Waals surface area contributed by atoms with Crippen LogP contribution in [0, 0.1) is 0 Å². The maximum Gasteiger partial charge on any atom is 0.250 e. The Morgan fingerprint density at radius 2 is 2.00 bits per heavy atom. The van der Waals surface area contributed by atoms with Crippen LogP contribution in [0.25, 0.3) is 0 Å². The molecule has 1 amide bonds. The molecule has 1 unspecified atom stereocenters. The van der Waals surface area contributed by atoms with E-state index < -0.39 is 0 Å². The number of primary amides is 1. The molecule has 2 saturated heterocycles. The fourth-order valence-electron chi connectivity index (χ4n) is 3.33. The molecule has 2 aliphatic heterocycles. The number of nitrogens with two attached hydrogens (primary N) is 1. The van der Waals surface area contributed by atoms with Crippen molar-refractivity contribution in [3.05, 3.63) is 29.8 Å². The molecule has 1 atom stereocenters. The lowest BCUT2D eigenvalue weighted by Crippen LogP contribution is -2.55. The number of piperazine rings is 1. The van der Waals surface area contributed by atoms with Crippen LogP contribution >= 0.6 is 0 Å². The van der Waals surface area contributed by atoms with Gasteiger partial charge in [-0.25, -0.2) is 0 Å². The van der Waals surface area contributed by atoms with Crippen molar-refractivity contribution >= 4 is 11.6 Å². The van der Waals surface area contributed by atoms with E-state index in [0.717, 1.165) is 25.3 Å². The second-order valence-corrected chi connectivity index (χ2v) is 5.51. The third-order valence-electron chi connectivity index (χ3n) is 4.35. The highest BCUT2D eigenvalue weighted by Crippen LogP contribution is 2.27. The lowest BCUT2D eigenvalue weighted by Gasteiger charge is -2.45. The Morgan fingerprint density at radius 1 is 1.16 bits per heavy atom. The van der Waals surface area contributed by atoms with Gasteiger partial charge in [0.2, 0.25) is 0 Å². The van der Waals surface area contributed by atoms with Gasteiger partial charge in [0.15, 0.2) is 0 Å². The molecule has 2 fully saturated rings. The molecule has 2 aliphatic rings. The van der Waals surface area contributed by atoms with E-state index in [1.54, 1.807) is 0 Å². The van der Waals surface area contributed by atoms with Crippen LogP contribution in [0.1, 0.15) is 29.6 Å². The van der Waals surface area contributed by atoms with Gasteiger partial charge in [-0.1, -0.05) is 18.6 Å². The molecular formula is C15H21N3O. The highest BCUT2D eigenvalue weighted by molar-refractivity contribution is 5.98. The summed E-state index contributed by atoms with van der Waals surface area (Å²) in [5.74, 6) is -0.332. The number of benzene rings is 1. The van der Waals surface area contributed by atoms with E-state index in [4.69, 9.17) is 5.73 Å². The first-order chi connectivity index (χ1) is 9.25. The number of piperidine rings is 1. The monoisotopic (exact) mass is 259 g/mol. The second kappa shape index (κ2) is 5.21. The molecule has 2 N–H and O–H groups in total. The number of nitrogens with zero attached hydrogens (tertiary/aromatic N) is 2. The average Bonchev–Trinajstić information content (AvgIpc) is 2.46. The van der Waals surface area contributed by atoms with Gasteiger partial charge in [-0.05, 0) is 31.5 Å². The van der Waals surface area contributed by atoms with Crippen molar-refractivity contribution in [1.82, 2.24) is 4.90 Å². The van der Waals surface area contributed by atoms with Crippen LogP contribution in [0.3, 0.4) is 0 Å². The van der Waals surface area contributed by atoms with Crippen molar-refractivity contribution in [3.63, 3.8) is 0 Å². The minimum atomic E-state index is -0.332. The fraction of sp³-hybridized carbons (Fsp3) is 0.533. The van der Waals surface area contributed by atoms with Gasteiger partial charge in [-0.3, -0.25) is 9.69 Å². The number of hydrogen-bond acceptors (Lipinski definition) is 3. The molecule has 0 aliphatic carbocycles. The van der Waals surface area contributed by atoms with Gasteiger partial charge in [-0.2, -0.15) is 0 Å². The summed E-state index contributed by atoms with van der Waals surface area (Å²) in [7, 11) is 0. The van der Waals surface area contributed by atoms with Crippen LogP contribution < -0.4 is 10.6 Å². The molecule has 4 nitrogen and oxygen atoms in total. The first-order valence-electron chi connectivity index (χ1n) is 7.13. The molecule has 1 aromatic carbocycles. The minimum absolute atomic E-state index is 0.332. The van der Waals surface area contributed by atoms with Crippen molar-refractivity contribution in [2.45, 2.75) is 25.3 Å². The normalized spacial score (nSPS) is 24.0. The predicted octanol–water partition coefficient (Wildman–Crippen LogP) is 1.46. The number of fused-ring (bicyclic) bond motifs is 1. The van der Waals surface area contributed by atoms with Crippen LogP contribution in [0.15, 0.2) is 24.3 Å². The Hall–Kier alpha value is -1.55. The molecule has 102 valence electrons. The fourth-order valence-corrected chi connectivity index (χ4v) is 3.33. The van der Waals surface area contributed by atoms with Crippen molar-refractivity contribution in [3.8, 4) is 0 Å². The Kier molecular flexibility index (Phi) is 3.42. The number of hydrogen-bond donors (Lipinski definition) is 1. The summed E-state index contributed by atoms with van der Waals surface area (Å²) in [6.45, 7) is 4.33. The lowest BCUT2D eigenvalue weighted by molar-refractivity contribution is 0.0999. The second-order valence-electron chi connectivity index (χ2n) is 5.51. The SMILES string of the molecule is NC(=O)c1ccccc1N1CCN2CCCCC2C1. The number of amides is 1. The van der Waals surface area contributed by atoms with Gasteiger partial charge in [0.1, 0.15) is 0 Å². The zero-order valence-electron chi connectivity index (χ0n) is 11.2. The van der Waals surface area contributed by atoms with Crippen LogP contribution in [0.5, 0.6) is 0 Å². The summed E-state index contributed by atoms with van der Waals surface area (Å²) in [6, 6.07) is 8.34. The topological polar surface area (TPSA) is 49.6 Å². The van der Waals surface area contributed by atoms with Crippen LogP contribution in [0.4, 0.5) is 5.69 Å². The minimum Gasteiger partial charge on any atom is -0.368 e. The molecule has 1 aromatic rings. The van der Waals surface area contributed by atoms with E-state index in [-0.39, 0.29) is 5.91 Å². The van der Waals surface area contributed by atoms with E-state index in [9.17, 15) is 4.79 Å². The summed E-state index contributed by atoms with van der Waals surface area (Å²) in [5, 5.41) is 0. The van der Waals surface area contributed by atoms with E-state index in [2.05, 4.69) is 9.80 Å². The first kappa shape index (κ1) is 12.5. The molecule has 19 heavy (non-hydrogen) atoms. The van der Waals surface area contributed by atoms with E-state index in [0.29, 0.717) is 11.6 Å². The number of carbonyl (C=O) groups excluding carboxylic acids is 1. The summed E-state index contributed by atoms with van der Waals surface area (Å²) < 4.78 is 0. The third-order valence-corrected chi connectivity index (χ3v) is 4.35.